The first-order valence-electron chi connectivity index (χ1n) is 9.04. The number of hydrogen-bond donors (Lipinski definition) is 1. The van der Waals surface area contributed by atoms with E-state index in [4.69, 9.17) is 9.47 Å². The number of carbonyl (C=O) groups excluding carboxylic acids is 1. The Morgan fingerprint density at radius 3 is 2.90 bits per heavy atom. The van der Waals surface area contributed by atoms with Crippen LogP contribution >= 0.6 is 11.8 Å². The Bertz CT molecular complexity index is 1050. The number of aromatic nitrogens is 2. The third kappa shape index (κ3) is 3.93. The summed E-state index contributed by atoms with van der Waals surface area (Å²) in [6.45, 7) is 0.0858. The number of rotatable bonds is 5. The number of fused-ring (bicyclic) bond motifs is 1. The highest BCUT2D eigenvalue weighted by Crippen LogP contribution is 2.43. The molecule has 0 unspecified atom stereocenters. The Balaban J connectivity index is 1.66. The molecule has 8 heteroatoms. The monoisotopic (exact) mass is 413 g/mol. The van der Waals surface area contributed by atoms with Gasteiger partial charge < -0.3 is 14.8 Å². The van der Waals surface area contributed by atoms with Crippen LogP contribution in [0, 0.1) is 5.82 Å². The molecule has 0 spiro atoms. The van der Waals surface area contributed by atoms with Crippen molar-refractivity contribution in [2.75, 3.05) is 18.2 Å². The second-order valence-corrected chi connectivity index (χ2v) is 7.70. The Kier molecular flexibility index (Phi) is 5.44. The molecule has 1 aliphatic rings. The predicted molar refractivity (Wildman–Crippen MR) is 110 cm³/mol. The van der Waals surface area contributed by atoms with Gasteiger partial charge in [0.15, 0.2) is 11.5 Å². The number of ether oxygens (including phenoxy) is 2. The van der Waals surface area contributed by atoms with Gasteiger partial charge in [-0.1, -0.05) is 24.3 Å². The minimum absolute atomic E-state index is 0.0631. The van der Waals surface area contributed by atoms with Crippen LogP contribution < -0.4 is 14.8 Å². The van der Waals surface area contributed by atoms with Gasteiger partial charge in [-0.3, -0.25) is 9.48 Å². The zero-order valence-electron chi connectivity index (χ0n) is 16.0. The third-order valence-corrected chi connectivity index (χ3v) is 6.01. The average Bonchev–Trinajstić information content (AvgIpc) is 2.98. The summed E-state index contributed by atoms with van der Waals surface area (Å²) in [6, 6.07) is 12.1. The maximum absolute atomic E-state index is 13.9. The minimum Gasteiger partial charge on any atom is -0.493 e. The van der Waals surface area contributed by atoms with E-state index < -0.39 is 0 Å². The number of anilines is 1. The molecular weight excluding hydrogens is 393 g/mol. The van der Waals surface area contributed by atoms with E-state index in [2.05, 4.69) is 10.4 Å². The summed E-state index contributed by atoms with van der Waals surface area (Å²) < 4.78 is 26.9. The molecule has 1 aliphatic heterocycles. The highest BCUT2D eigenvalue weighted by molar-refractivity contribution is 8.00. The van der Waals surface area contributed by atoms with Crippen molar-refractivity contribution in [1.82, 2.24) is 9.78 Å². The lowest BCUT2D eigenvalue weighted by Crippen LogP contribution is -2.15. The largest absolute Gasteiger partial charge is 0.493 e. The van der Waals surface area contributed by atoms with Gasteiger partial charge in [-0.2, -0.15) is 5.10 Å². The number of aryl methyl sites for hydroxylation is 1. The van der Waals surface area contributed by atoms with Gasteiger partial charge >= 0.3 is 0 Å². The van der Waals surface area contributed by atoms with Gasteiger partial charge in [0, 0.05) is 18.2 Å². The zero-order chi connectivity index (χ0) is 20.4. The molecule has 0 aliphatic carbocycles. The number of carbonyl (C=O) groups is 1. The Morgan fingerprint density at radius 2 is 2.10 bits per heavy atom. The number of amides is 1. The summed E-state index contributed by atoms with van der Waals surface area (Å²) in [6.07, 6.45) is 1.77. The maximum Gasteiger partial charge on any atom is 0.235 e. The summed E-state index contributed by atoms with van der Waals surface area (Å²) >= 11 is 1.52. The molecule has 29 heavy (non-hydrogen) atoms. The van der Waals surface area contributed by atoms with E-state index >= 15 is 0 Å². The summed E-state index contributed by atoms with van der Waals surface area (Å²) in [4.78, 5) is 12.1. The lowest BCUT2D eigenvalue weighted by molar-refractivity contribution is -0.113. The summed E-state index contributed by atoms with van der Waals surface area (Å²) in [5.41, 5.74) is 2.34. The van der Waals surface area contributed by atoms with Crippen LogP contribution in [-0.4, -0.2) is 28.6 Å². The van der Waals surface area contributed by atoms with Gasteiger partial charge in [0.1, 0.15) is 18.2 Å². The molecule has 1 atom stereocenters. The number of benzene rings is 2. The van der Waals surface area contributed by atoms with Crippen molar-refractivity contribution in [3.05, 3.63) is 71.2 Å². The minimum atomic E-state index is -0.313. The summed E-state index contributed by atoms with van der Waals surface area (Å²) in [5, 5.41) is 7.09. The van der Waals surface area contributed by atoms with Gasteiger partial charge in [0.25, 0.3) is 0 Å². The van der Waals surface area contributed by atoms with E-state index in [0.717, 1.165) is 11.1 Å². The fourth-order valence-corrected chi connectivity index (χ4v) is 4.31. The fourth-order valence-electron chi connectivity index (χ4n) is 3.23. The van der Waals surface area contributed by atoms with Crippen LogP contribution in [0.1, 0.15) is 21.9 Å². The first-order chi connectivity index (χ1) is 14.1. The van der Waals surface area contributed by atoms with Crippen molar-refractivity contribution in [3.63, 3.8) is 0 Å². The highest BCUT2D eigenvalue weighted by atomic mass is 32.2. The Labute approximate surface area is 172 Å². The van der Waals surface area contributed by atoms with Crippen LogP contribution in [0.5, 0.6) is 11.5 Å². The van der Waals surface area contributed by atoms with Crippen molar-refractivity contribution in [2.24, 2.45) is 7.05 Å². The number of nitrogens with one attached hydrogen (secondary N) is 1. The van der Waals surface area contributed by atoms with E-state index in [1.165, 1.54) is 17.8 Å². The SMILES string of the molecule is COc1ccc([C@H]2SCC(=O)Nc3c2cnn3C)cc1OCc1ccccc1F. The molecule has 2 heterocycles. The number of halogens is 1. The molecule has 3 aromatic rings. The second kappa shape index (κ2) is 8.16. The molecule has 6 nitrogen and oxygen atoms in total. The van der Waals surface area contributed by atoms with Gasteiger partial charge in [-0.25, -0.2) is 4.39 Å². The molecule has 1 amide bonds. The molecule has 1 aromatic heterocycles. The van der Waals surface area contributed by atoms with Crippen LogP contribution in [-0.2, 0) is 18.4 Å². The van der Waals surface area contributed by atoms with Crippen LogP contribution in [0.2, 0.25) is 0 Å². The third-order valence-electron chi connectivity index (χ3n) is 4.72. The van der Waals surface area contributed by atoms with E-state index in [0.29, 0.717) is 28.6 Å². The van der Waals surface area contributed by atoms with Gasteiger partial charge in [-0.15, -0.1) is 11.8 Å². The average molecular weight is 413 g/mol. The first kappa shape index (κ1) is 19.3. The van der Waals surface area contributed by atoms with Crippen LogP contribution in [0.25, 0.3) is 0 Å². The van der Waals surface area contributed by atoms with Crippen molar-refractivity contribution in [3.8, 4) is 11.5 Å². The van der Waals surface area contributed by atoms with Gasteiger partial charge in [0.2, 0.25) is 5.91 Å². The van der Waals surface area contributed by atoms with Crippen molar-refractivity contribution in [1.29, 1.82) is 0 Å². The fraction of sp³-hybridized carbons (Fsp3) is 0.238. The quantitative estimate of drug-likeness (QED) is 0.687. The predicted octanol–water partition coefficient (Wildman–Crippen LogP) is 3.92. The molecule has 4 rings (SSSR count). The normalized spacial score (nSPS) is 16.0. The molecule has 150 valence electrons. The Morgan fingerprint density at radius 1 is 1.28 bits per heavy atom. The molecule has 0 bridgehead atoms. The van der Waals surface area contributed by atoms with Crippen molar-refractivity contribution < 1.29 is 18.7 Å². The molecular formula is C21H20FN3O3S. The summed E-state index contributed by atoms with van der Waals surface area (Å²) in [7, 11) is 3.36. The van der Waals surface area contributed by atoms with Crippen LogP contribution in [0.15, 0.2) is 48.7 Å². The highest BCUT2D eigenvalue weighted by Gasteiger charge is 2.27. The Hall–Kier alpha value is -3.00. The van der Waals surface area contributed by atoms with E-state index in [1.54, 1.807) is 43.2 Å². The molecule has 0 saturated heterocycles. The van der Waals surface area contributed by atoms with Crippen molar-refractivity contribution >= 4 is 23.5 Å². The van der Waals surface area contributed by atoms with Crippen molar-refractivity contribution in [2.45, 2.75) is 11.9 Å². The van der Waals surface area contributed by atoms with E-state index in [-0.39, 0.29) is 23.6 Å². The molecule has 0 radical (unpaired) electrons. The number of thioether (sulfide) groups is 1. The smallest absolute Gasteiger partial charge is 0.235 e. The van der Waals surface area contributed by atoms with Crippen LogP contribution in [0.3, 0.4) is 0 Å². The maximum atomic E-state index is 13.9. The topological polar surface area (TPSA) is 65.4 Å². The zero-order valence-corrected chi connectivity index (χ0v) is 16.8. The van der Waals surface area contributed by atoms with Crippen LogP contribution in [0.4, 0.5) is 10.2 Å². The standard InChI is InChI=1S/C21H20FN3O3S/c1-25-21-15(10-23-25)20(29-12-19(26)24-21)13-7-8-17(27-2)18(9-13)28-11-14-5-3-4-6-16(14)22/h3-10,20H,11-12H2,1-2H3,(H,24,26)/t20-/m1/s1. The molecule has 0 fully saturated rings. The number of hydrogen-bond acceptors (Lipinski definition) is 5. The second-order valence-electron chi connectivity index (χ2n) is 6.60. The molecule has 0 saturated carbocycles. The van der Waals surface area contributed by atoms with E-state index in [1.807, 2.05) is 18.2 Å². The number of methoxy groups -OCH3 is 1. The molecule has 1 N–H and O–H groups in total. The van der Waals surface area contributed by atoms with Gasteiger partial charge in [0.05, 0.1) is 24.3 Å². The molecule has 2 aromatic carbocycles. The van der Waals surface area contributed by atoms with Gasteiger partial charge in [-0.05, 0) is 23.8 Å². The lowest BCUT2D eigenvalue weighted by atomic mass is 10.1. The first-order valence-corrected chi connectivity index (χ1v) is 10.1. The number of nitrogens with zero attached hydrogens (tertiary/aromatic N) is 2. The summed E-state index contributed by atoms with van der Waals surface area (Å²) in [5.74, 6) is 1.72. The van der Waals surface area contributed by atoms with E-state index in [9.17, 15) is 9.18 Å². The lowest BCUT2D eigenvalue weighted by Gasteiger charge is -2.17.